The standard InChI is InChI=1S/C30H26FN3O5S/c1-5-39-29(38)25-17(3)32-30-34(26(25)19-9-11-22(31)12-10-19)27(35)24(40-30)15-21-13-16(2)33(18(21)4)23-8-6-7-20(14-23)28(36)37/h6-15,26H,5H2,1-4H3,(H,36,37)/b24-15-/t26-/m0/s1. The summed E-state index contributed by atoms with van der Waals surface area (Å²) in [7, 11) is 0. The summed E-state index contributed by atoms with van der Waals surface area (Å²) in [5.74, 6) is -2.03. The van der Waals surface area contributed by atoms with E-state index < -0.39 is 23.8 Å². The van der Waals surface area contributed by atoms with Crippen molar-refractivity contribution in [2.75, 3.05) is 6.61 Å². The third kappa shape index (κ3) is 4.71. The predicted octanol–water partition coefficient (Wildman–Crippen LogP) is 4.04. The number of carbonyl (C=O) groups is 2. The van der Waals surface area contributed by atoms with Gasteiger partial charge in [-0.1, -0.05) is 29.5 Å². The number of carboxylic acid groups (broad SMARTS) is 1. The van der Waals surface area contributed by atoms with Gasteiger partial charge in [0.25, 0.3) is 5.56 Å². The molecule has 8 nitrogen and oxygen atoms in total. The molecule has 0 aliphatic carbocycles. The van der Waals surface area contributed by atoms with Crippen LogP contribution in [-0.2, 0) is 9.53 Å². The van der Waals surface area contributed by atoms with Crippen molar-refractivity contribution in [3.8, 4) is 5.69 Å². The molecule has 0 bridgehead atoms. The van der Waals surface area contributed by atoms with Crippen LogP contribution in [0.4, 0.5) is 4.39 Å². The fraction of sp³-hybridized carbons (Fsp3) is 0.200. The zero-order chi connectivity index (χ0) is 28.7. The van der Waals surface area contributed by atoms with Gasteiger partial charge in [0, 0.05) is 17.1 Å². The minimum atomic E-state index is -1.01. The van der Waals surface area contributed by atoms with Gasteiger partial charge in [0.15, 0.2) is 4.80 Å². The highest BCUT2D eigenvalue weighted by Crippen LogP contribution is 2.31. The molecule has 1 N–H and O–H groups in total. The van der Waals surface area contributed by atoms with Gasteiger partial charge in [-0.25, -0.2) is 19.0 Å². The topological polar surface area (TPSA) is 103 Å². The van der Waals surface area contributed by atoms with Crippen LogP contribution in [0.1, 0.15) is 52.8 Å². The van der Waals surface area contributed by atoms with Crippen molar-refractivity contribution < 1.29 is 23.8 Å². The third-order valence-corrected chi connectivity index (χ3v) is 7.79. The molecule has 40 heavy (non-hydrogen) atoms. The number of thiazole rings is 1. The molecular weight excluding hydrogens is 533 g/mol. The predicted molar refractivity (Wildman–Crippen MR) is 149 cm³/mol. The van der Waals surface area contributed by atoms with E-state index >= 15 is 0 Å². The maximum absolute atomic E-state index is 13.9. The number of hydrogen-bond acceptors (Lipinski definition) is 6. The lowest BCUT2D eigenvalue weighted by atomic mass is 9.96. The van der Waals surface area contributed by atoms with E-state index in [1.165, 1.54) is 34.1 Å². The van der Waals surface area contributed by atoms with E-state index in [0.29, 0.717) is 26.3 Å². The van der Waals surface area contributed by atoms with Gasteiger partial charge in [-0.05, 0) is 81.3 Å². The lowest BCUT2D eigenvalue weighted by molar-refractivity contribution is -0.139. The van der Waals surface area contributed by atoms with Crippen molar-refractivity contribution in [3.63, 3.8) is 0 Å². The van der Waals surface area contributed by atoms with Gasteiger partial charge in [0.1, 0.15) is 5.82 Å². The SMILES string of the molecule is CCOC(=O)C1=C(C)N=c2s/c(=C\c3cc(C)n(-c4cccc(C(=O)O)c4)c3C)c(=O)n2[C@H]1c1ccc(F)cc1. The zero-order valence-electron chi connectivity index (χ0n) is 22.3. The molecule has 0 spiro atoms. The molecule has 1 aliphatic heterocycles. The van der Waals surface area contributed by atoms with Crippen LogP contribution in [0.25, 0.3) is 11.8 Å². The second-order valence-electron chi connectivity index (χ2n) is 9.37. The van der Waals surface area contributed by atoms with Crippen molar-refractivity contribution in [1.82, 2.24) is 9.13 Å². The first-order valence-electron chi connectivity index (χ1n) is 12.6. The van der Waals surface area contributed by atoms with Gasteiger partial charge in [0.05, 0.1) is 34.0 Å². The summed E-state index contributed by atoms with van der Waals surface area (Å²) in [5.41, 5.74) is 4.21. The number of hydrogen-bond donors (Lipinski definition) is 1. The van der Waals surface area contributed by atoms with Crippen molar-refractivity contribution in [2.24, 2.45) is 4.99 Å². The Balaban J connectivity index is 1.68. The highest BCUT2D eigenvalue weighted by atomic mass is 32.1. The molecule has 0 fully saturated rings. The number of aryl methyl sites for hydroxylation is 1. The van der Waals surface area contributed by atoms with Crippen LogP contribution in [0, 0.1) is 19.7 Å². The molecule has 0 unspecified atom stereocenters. The third-order valence-electron chi connectivity index (χ3n) is 6.81. The summed E-state index contributed by atoms with van der Waals surface area (Å²) >= 11 is 1.20. The van der Waals surface area contributed by atoms with E-state index in [2.05, 4.69) is 4.99 Å². The van der Waals surface area contributed by atoms with E-state index in [9.17, 15) is 23.9 Å². The van der Waals surface area contributed by atoms with Crippen LogP contribution >= 0.6 is 11.3 Å². The number of halogens is 1. The molecule has 5 rings (SSSR count). The maximum Gasteiger partial charge on any atom is 0.338 e. The first kappa shape index (κ1) is 27.0. The summed E-state index contributed by atoms with van der Waals surface area (Å²) in [5, 5.41) is 9.41. The second kappa shape index (κ2) is 10.5. The van der Waals surface area contributed by atoms with E-state index in [0.717, 1.165) is 17.0 Å². The first-order chi connectivity index (χ1) is 19.1. The molecule has 0 amide bonds. The summed E-state index contributed by atoms with van der Waals surface area (Å²) in [6.07, 6.45) is 1.77. The number of fused-ring (bicyclic) bond motifs is 1. The summed E-state index contributed by atoms with van der Waals surface area (Å²) in [6.45, 7) is 7.35. The first-order valence-corrected chi connectivity index (χ1v) is 13.4. The molecule has 204 valence electrons. The molecule has 2 aromatic heterocycles. The Labute approximate surface area is 232 Å². The van der Waals surface area contributed by atoms with Crippen molar-refractivity contribution in [3.05, 3.63) is 119 Å². The number of aromatic nitrogens is 2. The van der Waals surface area contributed by atoms with E-state index in [1.54, 1.807) is 44.2 Å². The lowest BCUT2D eigenvalue weighted by Crippen LogP contribution is -2.39. The quantitative estimate of drug-likeness (QED) is 0.359. The van der Waals surface area contributed by atoms with Gasteiger partial charge in [-0.3, -0.25) is 9.36 Å². The molecule has 4 aromatic rings. The van der Waals surface area contributed by atoms with E-state index in [1.807, 2.05) is 30.5 Å². The highest BCUT2D eigenvalue weighted by Gasteiger charge is 2.33. The Morgan fingerprint density at radius 2 is 1.85 bits per heavy atom. The number of esters is 1. The second-order valence-corrected chi connectivity index (χ2v) is 10.4. The molecule has 1 aliphatic rings. The fourth-order valence-corrected chi connectivity index (χ4v) is 6.04. The number of carboxylic acids is 1. The Hall–Kier alpha value is -4.57. The maximum atomic E-state index is 13.9. The molecule has 10 heteroatoms. The van der Waals surface area contributed by atoms with Gasteiger partial charge in [-0.2, -0.15) is 0 Å². The Bertz CT molecular complexity index is 1880. The number of allylic oxidation sites excluding steroid dienone is 1. The van der Waals surface area contributed by atoms with E-state index in [4.69, 9.17) is 4.74 Å². The van der Waals surface area contributed by atoms with Crippen LogP contribution in [0.2, 0.25) is 0 Å². The van der Waals surface area contributed by atoms with Gasteiger partial charge >= 0.3 is 11.9 Å². The Morgan fingerprint density at radius 3 is 2.52 bits per heavy atom. The number of aromatic carboxylic acids is 1. The smallest absolute Gasteiger partial charge is 0.338 e. The molecule has 3 heterocycles. The highest BCUT2D eigenvalue weighted by molar-refractivity contribution is 7.07. The summed E-state index contributed by atoms with van der Waals surface area (Å²) in [4.78, 5) is 43.3. The molecule has 1 atom stereocenters. The summed E-state index contributed by atoms with van der Waals surface area (Å²) in [6, 6.07) is 13.4. The molecular formula is C30H26FN3O5S. The van der Waals surface area contributed by atoms with Crippen molar-refractivity contribution in [1.29, 1.82) is 0 Å². The number of carbonyl (C=O) groups excluding carboxylic acids is 1. The molecule has 0 radical (unpaired) electrons. The van der Waals surface area contributed by atoms with Gasteiger partial charge < -0.3 is 14.4 Å². The van der Waals surface area contributed by atoms with Gasteiger partial charge in [0.2, 0.25) is 0 Å². The minimum absolute atomic E-state index is 0.154. The van der Waals surface area contributed by atoms with E-state index in [-0.39, 0.29) is 23.3 Å². The van der Waals surface area contributed by atoms with Crippen molar-refractivity contribution >= 4 is 29.4 Å². The zero-order valence-corrected chi connectivity index (χ0v) is 23.1. The molecule has 0 saturated heterocycles. The summed E-state index contributed by atoms with van der Waals surface area (Å²) < 4.78 is 22.8. The lowest BCUT2D eigenvalue weighted by Gasteiger charge is -2.24. The van der Waals surface area contributed by atoms with Crippen LogP contribution < -0.4 is 14.9 Å². The van der Waals surface area contributed by atoms with Gasteiger partial charge in [-0.15, -0.1) is 0 Å². The van der Waals surface area contributed by atoms with Crippen LogP contribution in [-0.4, -0.2) is 32.8 Å². The number of nitrogens with zero attached hydrogens (tertiary/aromatic N) is 3. The number of ether oxygens (including phenoxy) is 1. The van der Waals surface area contributed by atoms with Crippen LogP contribution in [0.5, 0.6) is 0 Å². The fourth-order valence-electron chi connectivity index (χ4n) is 5.00. The molecule has 0 saturated carbocycles. The normalized spacial score (nSPS) is 15.1. The molecule has 2 aromatic carbocycles. The Kier molecular flexibility index (Phi) is 7.12. The monoisotopic (exact) mass is 559 g/mol. The Morgan fingerprint density at radius 1 is 1.12 bits per heavy atom. The largest absolute Gasteiger partial charge is 0.478 e. The number of benzene rings is 2. The average molecular weight is 560 g/mol. The van der Waals surface area contributed by atoms with Crippen LogP contribution in [0.15, 0.2) is 75.7 Å². The average Bonchev–Trinajstić information content (AvgIpc) is 3.37. The number of rotatable bonds is 6. The minimum Gasteiger partial charge on any atom is -0.478 e. The van der Waals surface area contributed by atoms with Crippen molar-refractivity contribution in [2.45, 2.75) is 33.7 Å². The van der Waals surface area contributed by atoms with Crippen LogP contribution in [0.3, 0.4) is 0 Å².